The number of carbonyl (C=O) groups is 1. The summed E-state index contributed by atoms with van der Waals surface area (Å²) in [4.78, 5) is 13.5. The molecule has 1 radical (unpaired) electrons. The summed E-state index contributed by atoms with van der Waals surface area (Å²) in [5.74, 6) is -0.929. The molecule has 0 aliphatic rings. The van der Waals surface area contributed by atoms with Crippen molar-refractivity contribution in [2.45, 2.75) is 19.8 Å². The molecule has 4 nitrogen and oxygen atoms in total. The summed E-state index contributed by atoms with van der Waals surface area (Å²) in [6.45, 7) is 2.38. The van der Waals surface area contributed by atoms with Gasteiger partial charge in [0.15, 0.2) is 0 Å². The fourth-order valence-electron chi connectivity index (χ4n) is 0.902. The zero-order chi connectivity index (χ0) is 9.68. The van der Waals surface area contributed by atoms with Gasteiger partial charge in [-0.1, -0.05) is 13.3 Å². The van der Waals surface area contributed by atoms with Crippen molar-refractivity contribution in [3.05, 3.63) is 17.8 Å². The fraction of sp³-hybridized carbons (Fsp3) is 0.444. The quantitative estimate of drug-likeness (QED) is 0.572. The Morgan fingerprint density at radius 2 is 2.38 bits per heavy atom. The molecule has 0 saturated heterocycles. The van der Waals surface area contributed by atoms with Crippen LogP contribution in [0, 0.1) is 0 Å². The van der Waals surface area contributed by atoms with Gasteiger partial charge in [0.1, 0.15) is 5.56 Å². The summed E-state index contributed by atoms with van der Waals surface area (Å²) in [6, 6.07) is 1.43. The third-order valence-electron chi connectivity index (χ3n) is 1.66. The summed E-state index contributed by atoms with van der Waals surface area (Å²) in [7, 11) is 0. The third kappa shape index (κ3) is 2.50. The number of esters is 1. The van der Waals surface area contributed by atoms with Crippen molar-refractivity contribution in [2.75, 3.05) is 6.61 Å². The smallest absolute Gasteiger partial charge is 0.343 e. The maximum atomic E-state index is 11.2. The molecule has 0 unspecified atom stereocenters. The minimum atomic E-state index is -0.542. The second-order valence-electron chi connectivity index (χ2n) is 2.71. The number of aromatic nitrogens is 1. The minimum absolute atomic E-state index is 0.0797. The van der Waals surface area contributed by atoms with E-state index in [-0.39, 0.29) is 11.4 Å². The predicted octanol–water partition coefficient (Wildman–Crippen LogP) is 2.12. The van der Waals surface area contributed by atoms with Crippen molar-refractivity contribution in [2.24, 2.45) is 0 Å². The molecule has 0 amide bonds. The molecule has 0 spiro atoms. The standard InChI is InChI=1S/C9H12NO3/c1-2-3-6-13-9(12)7-4-5-10-8(7)11/h4-5,10H,2-3,6H2,1H3. The first-order valence-corrected chi connectivity index (χ1v) is 4.27. The molecular weight excluding hydrogens is 170 g/mol. The van der Waals surface area contributed by atoms with Gasteiger partial charge in [-0.15, -0.1) is 0 Å². The number of carbonyl (C=O) groups excluding carboxylic acids is 1. The van der Waals surface area contributed by atoms with E-state index in [9.17, 15) is 9.90 Å². The predicted molar refractivity (Wildman–Crippen MR) is 46.1 cm³/mol. The first kappa shape index (κ1) is 9.64. The highest BCUT2D eigenvalue weighted by atomic mass is 16.5. The van der Waals surface area contributed by atoms with E-state index in [2.05, 4.69) is 4.98 Å². The van der Waals surface area contributed by atoms with Crippen LogP contribution in [0.2, 0.25) is 0 Å². The van der Waals surface area contributed by atoms with Crippen molar-refractivity contribution in [1.82, 2.24) is 4.98 Å². The highest BCUT2D eigenvalue weighted by molar-refractivity contribution is 5.91. The normalized spacial score (nSPS) is 9.92. The van der Waals surface area contributed by atoms with Crippen molar-refractivity contribution in [1.29, 1.82) is 0 Å². The molecule has 1 aromatic heterocycles. The monoisotopic (exact) mass is 182 g/mol. The Hall–Kier alpha value is -1.45. The third-order valence-corrected chi connectivity index (χ3v) is 1.66. The Bertz CT molecular complexity index is 280. The fourth-order valence-corrected chi connectivity index (χ4v) is 0.902. The molecule has 0 fully saturated rings. The largest absolute Gasteiger partial charge is 0.462 e. The van der Waals surface area contributed by atoms with Gasteiger partial charge in [-0.2, -0.15) is 0 Å². The molecule has 1 heterocycles. The average Bonchev–Trinajstić information content (AvgIpc) is 2.52. The SMILES string of the molecule is CCCCOC(=O)c1cc[nH]c1[O]. The van der Waals surface area contributed by atoms with E-state index in [1.54, 1.807) is 0 Å². The molecule has 0 aromatic carbocycles. The number of unbranched alkanes of at least 4 members (excludes halogenated alkanes) is 1. The van der Waals surface area contributed by atoms with Crippen LogP contribution in [0.4, 0.5) is 0 Å². The Kier molecular flexibility index (Phi) is 3.37. The zero-order valence-corrected chi connectivity index (χ0v) is 7.50. The summed E-state index contributed by atoms with van der Waals surface area (Å²) in [5.41, 5.74) is 0.0797. The first-order chi connectivity index (χ1) is 6.25. The molecule has 1 rings (SSSR count). The van der Waals surface area contributed by atoms with Crippen molar-refractivity contribution < 1.29 is 14.6 Å². The van der Waals surface area contributed by atoms with Crippen molar-refractivity contribution in [3.63, 3.8) is 0 Å². The molecule has 0 aliphatic heterocycles. The molecule has 1 N–H and O–H groups in total. The average molecular weight is 182 g/mol. The lowest BCUT2D eigenvalue weighted by molar-refractivity contribution is 0.0494. The topological polar surface area (TPSA) is 62.0 Å². The lowest BCUT2D eigenvalue weighted by Crippen LogP contribution is -2.05. The molecule has 1 aromatic rings. The van der Waals surface area contributed by atoms with Gasteiger partial charge in [0, 0.05) is 6.20 Å². The van der Waals surface area contributed by atoms with Crippen LogP contribution in [0.5, 0.6) is 5.88 Å². The van der Waals surface area contributed by atoms with Crippen LogP contribution < -0.4 is 0 Å². The van der Waals surface area contributed by atoms with Gasteiger partial charge in [0.25, 0.3) is 5.88 Å². The number of H-pyrrole nitrogens is 1. The number of rotatable bonds is 4. The Morgan fingerprint density at radius 3 is 2.92 bits per heavy atom. The minimum Gasteiger partial charge on any atom is -0.462 e. The molecule has 71 valence electrons. The molecule has 4 heteroatoms. The number of aromatic amines is 1. The molecule has 0 bridgehead atoms. The lowest BCUT2D eigenvalue weighted by atomic mass is 10.3. The Morgan fingerprint density at radius 1 is 1.62 bits per heavy atom. The highest BCUT2D eigenvalue weighted by Gasteiger charge is 2.13. The van der Waals surface area contributed by atoms with Crippen LogP contribution in [0.15, 0.2) is 12.3 Å². The van der Waals surface area contributed by atoms with E-state index in [0.29, 0.717) is 6.61 Å². The van der Waals surface area contributed by atoms with Crippen LogP contribution in [0.25, 0.3) is 0 Å². The number of nitrogens with one attached hydrogen (secondary N) is 1. The van der Waals surface area contributed by atoms with Gasteiger partial charge in [-0.3, -0.25) is 5.11 Å². The number of hydrogen-bond acceptors (Lipinski definition) is 2. The van der Waals surface area contributed by atoms with Crippen LogP contribution in [-0.2, 0) is 9.84 Å². The van der Waals surface area contributed by atoms with Gasteiger partial charge in [0.2, 0.25) is 0 Å². The summed E-state index contributed by atoms with van der Waals surface area (Å²) in [6.07, 6.45) is 3.22. The van der Waals surface area contributed by atoms with E-state index < -0.39 is 5.97 Å². The van der Waals surface area contributed by atoms with Gasteiger partial charge >= 0.3 is 5.97 Å². The molecule has 0 saturated carbocycles. The van der Waals surface area contributed by atoms with Gasteiger partial charge in [0.05, 0.1) is 6.61 Å². The summed E-state index contributed by atoms with van der Waals surface area (Å²) >= 11 is 0. The van der Waals surface area contributed by atoms with Gasteiger partial charge in [-0.25, -0.2) is 4.79 Å². The Balaban J connectivity index is 2.45. The van der Waals surface area contributed by atoms with Crippen molar-refractivity contribution >= 4 is 5.97 Å². The summed E-state index contributed by atoms with van der Waals surface area (Å²) < 4.78 is 4.85. The highest BCUT2D eigenvalue weighted by Crippen LogP contribution is 2.15. The lowest BCUT2D eigenvalue weighted by Gasteiger charge is -2.00. The van der Waals surface area contributed by atoms with E-state index in [1.165, 1.54) is 12.3 Å². The van der Waals surface area contributed by atoms with E-state index in [1.807, 2.05) is 6.92 Å². The van der Waals surface area contributed by atoms with Gasteiger partial charge < -0.3 is 9.72 Å². The van der Waals surface area contributed by atoms with E-state index in [0.717, 1.165) is 12.8 Å². The first-order valence-electron chi connectivity index (χ1n) is 4.27. The van der Waals surface area contributed by atoms with Crippen LogP contribution in [-0.4, -0.2) is 17.6 Å². The van der Waals surface area contributed by atoms with Crippen molar-refractivity contribution in [3.8, 4) is 5.88 Å². The van der Waals surface area contributed by atoms with Crippen LogP contribution in [0.3, 0.4) is 0 Å². The second kappa shape index (κ2) is 4.54. The Labute approximate surface area is 76.5 Å². The van der Waals surface area contributed by atoms with E-state index >= 15 is 0 Å². The number of ether oxygens (including phenoxy) is 1. The maximum absolute atomic E-state index is 11.2. The number of hydrogen-bond donors (Lipinski definition) is 1. The molecule has 0 aliphatic carbocycles. The molecule has 0 atom stereocenters. The molecule has 13 heavy (non-hydrogen) atoms. The molecular formula is C9H12NO3. The van der Waals surface area contributed by atoms with Crippen LogP contribution >= 0.6 is 0 Å². The van der Waals surface area contributed by atoms with Gasteiger partial charge in [-0.05, 0) is 12.5 Å². The van der Waals surface area contributed by atoms with E-state index in [4.69, 9.17) is 4.74 Å². The second-order valence-corrected chi connectivity index (χ2v) is 2.71. The summed E-state index contributed by atoms with van der Waals surface area (Å²) in [5, 5.41) is 10.9. The maximum Gasteiger partial charge on any atom is 0.343 e. The van der Waals surface area contributed by atoms with Crippen LogP contribution in [0.1, 0.15) is 30.1 Å². The zero-order valence-electron chi connectivity index (χ0n) is 7.50.